The van der Waals surface area contributed by atoms with Gasteiger partial charge in [0.1, 0.15) is 5.82 Å². The van der Waals surface area contributed by atoms with E-state index in [0.717, 1.165) is 11.1 Å². The zero-order valence-electron chi connectivity index (χ0n) is 12.6. The van der Waals surface area contributed by atoms with Gasteiger partial charge in [0.15, 0.2) is 5.03 Å². The Kier molecular flexibility index (Phi) is 4.80. The number of rotatable bonds is 6. The van der Waals surface area contributed by atoms with Crippen molar-refractivity contribution >= 4 is 10.0 Å². The van der Waals surface area contributed by atoms with Crippen LogP contribution in [0.15, 0.2) is 35.5 Å². The first-order valence-electron chi connectivity index (χ1n) is 7.07. The number of imidazole rings is 1. The molecule has 0 saturated carbocycles. The molecule has 0 radical (unpaired) electrons. The number of aromatic amines is 1. The fourth-order valence-corrected chi connectivity index (χ4v) is 3.54. The van der Waals surface area contributed by atoms with Crippen LogP contribution in [0.1, 0.15) is 30.8 Å². The van der Waals surface area contributed by atoms with Gasteiger partial charge in [-0.15, -0.1) is 0 Å². The maximum absolute atomic E-state index is 12.6. The third kappa shape index (κ3) is 3.51. The predicted octanol–water partition coefficient (Wildman–Crippen LogP) is 2.49. The van der Waals surface area contributed by atoms with Crippen molar-refractivity contribution < 1.29 is 8.42 Å². The summed E-state index contributed by atoms with van der Waals surface area (Å²) in [5.41, 5.74) is 2.10. The quantitative estimate of drug-likeness (QED) is 0.891. The summed E-state index contributed by atoms with van der Waals surface area (Å²) in [6.07, 6.45) is 2.08. The first-order valence-corrected chi connectivity index (χ1v) is 8.51. The van der Waals surface area contributed by atoms with Crippen molar-refractivity contribution in [2.45, 2.75) is 38.8 Å². The number of hydrogen-bond donors (Lipinski definition) is 1. The molecule has 5 nitrogen and oxygen atoms in total. The Labute approximate surface area is 126 Å². The number of aromatic nitrogens is 2. The molecule has 1 N–H and O–H groups in total. The lowest BCUT2D eigenvalue weighted by Crippen LogP contribution is -2.30. The Balaban J connectivity index is 2.27. The van der Waals surface area contributed by atoms with Crippen molar-refractivity contribution in [2.24, 2.45) is 0 Å². The monoisotopic (exact) mass is 307 g/mol. The molecule has 21 heavy (non-hydrogen) atoms. The minimum absolute atomic E-state index is 0.161. The van der Waals surface area contributed by atoms with E-state index in [1.807, 2.05) is 45.0 Å². The van der Waals surface area contributed by atoms with Gasteiger partial charge in [-0.3, -0.25) is 0 Å². The Morgan fingerprint density at radius 3 is 2.62 bits per heavy atom. The van der Waals surface area contributed by atoms with Crippen LogP contribution in [-0.4, -0.2) is 29.2 Å². The lowest BCUT2D eigenvalue weighted by Gasteiger charge is -2.19. The van der Waals surface area contributed by atoms with Gasteiger partial charge in [-0.05, 0) is 12.5 Å². The lowest BCUT2D eigenvalue weighted by atomic mass is 10.1. The van der Waals surface area contributed by atoms with Gasteiger partial charge in [-0.25, -0.2) is 13.4 Å². The molecule has 6 heteroatoms. The molecule has 0 aliphatic carbocycles. The summed E-state index contributed by atoms with van der Waals surface area (Å²) in [6, 6.07) is 7.88. The molecule has 2 rings (SSSR count). The van der Waals surface area contributed by atoms with E-state index in [1.165, 1.54) is 10.5 Å². The number of H-pyrrole nitrogens is 1. The van der Waals surface area contributed by atoms with Crippen LogP contribution in [0.3, 0.4) is 0 Å². The summed E-state index contributed by atoms with van der Waals surface area (Å²) in [4.78, 5) is 6.95. The molecular weight excluding hydrogens is 286 g/mol. The fourth-order valence-electron chi connectivity index (χ4n) is 2.17. The molecule has 1 heterocycles. The molecule has 0 unspecified atom stereocenters. The smallest absolute Gasteiger partial charge is 0.260 e. The lowest BCUT2D eigenvalue weighted by molar-refractivity contribution is 0.421. The van der Waals surface area contributed by atoms with Crippen molar-refractivity contribution in [3.63, 3.8) is 0 Å². The molecule has 1 aromatic carbocycles. The molecule has 0 aliphatic rings. The Morgan fingerprint density at radius 2 is 2.05 bits per heavy atom. The third-order valence-corrected chi connectivity index (χ3v) is 5.18. The standard InChI is InChI=1S/C15H21N3O2S/c1-4-14-16-10-15(17-14)21(19,20)18(5-2)11-13-8-6-7-12(3)9-13/h6-10H,4-5,11H2,1-3H3,(H,16,17). The molecule has 0 fully saturated rings. The van der Waals surface area contributed by atoms with Gasteiger partial charge in [-0.1, -0.05) is 43.7 Å². The molecule has 0 saturated heterocycles. The Bertz CT molecular complexity index is 707. The van der Waals surface area contributed by atoms with E-state index in [2.05, 4.69) is 9.97 Å². The van der Waals surface area contributed by atoms with Crippen LogP contribution in [0.2, 0.25) is 0 Å². The fraction of sp³-hybridized carbons (Fsp3) is 0.400. The van der Waals surface area contributed by atoms with Crippen LogP contribution in [0, 0.1) is 6.92 Å². The molecule has 0 aliphatic heterocycles. The molecule has 2 aromatic rings. The van der Waals surface area contributed by atoms with Crippen molar-refractivity contribution in [1.82, 2.24) is 14.3 Å². The summed E-state index contributed by atoms with van der Waals surface area (Å²) in [6.45, 7) is 6.54. The van der Waals surface area contributed by atoms with E-state index in [1.54, 1.807) is 0 Å². The van der Waals surface area contributed by atoms with Crippen molar-refractivity contribution in [3.05, 3.63) is 47.4 Å². The number of aryl methyl sites for hydroxylation is 2. The van der Waals surface area contributed by atoms with E-state index >= 15 is 0 Å². The molecule has 114 valence electrons. The van der Waals surface area contributed by atoms with Gasteiger partial charge >= 0.3 is 0 Å². The average Bonchev–Trinajstić information content (AvgIpc) is 2.94. The van der Waals surface area contributed by atoms with Gasteiger partial charge in [0.05, 0.1) is 6.20 Å². The topological polar surface area (TPSA) is 66.1 Å². The SMILES string of the molecule is CCc1ncc(S(=O)(=O)N(CC)Cc2cccc(C)c2)[nH]1. The number of nitrogens with one attached hydrogen (secondary N) is 1. The highest BCUT2D eigenvalue weighted by atomic mass is 32.2. The predicted molar refractivity (Wildman–Crippen MR) is 82.4 cm³/mol. The Hall–Kier alpha value is -1.66. The van der Waals surface area contributed by atoms with Crippen molar-refractivity contribution in [3.8, 4) is 0 Å². The molecule has 0 amide bonds. The Morgan fingerprint density at radius 1 is 1.29 bits per heavy atom. The first kappa shape index (κ1) is 15.7. The second kappa shape index (κ2) is 6.41. The van der Waals surface area contributed by atoms with E-state index in [9.17, 15) is 8.42 Å². The second-order valence-corrected chi connectivity index (χ2v) is 6.87. The van der Waals surface area contributed by atoms with Gasteiger partial charge in [0.25, 0.3) is 10.0 Å². The highest BCUT2D eigenvalue weighted by molar-refractivity contribution is 7.89. The van der Waals surface area contributed by atoms with E-state index < -0.39 is 10.0 Å². The highest BCUT2D eigenvalue weighted by Gasteiger charge is 2.25. The maximum Gasteiger partial charge on any atom is 0.260 e. The molecule has 0 spiro atoms. The summed E-state index contributed by atoms with van der Waals surface area (Å²) < 4.78 is 26.7. The zero-order valence-corrected chi connectivity index (χ0v) is 13.4. The second-order valence-electron chi connectivity index (χ2n) is 4.97. The van der Waals surface area contributed by atoms with E-state index in [-0.39, 0.29) is 5.03 Å². The van der Waals surface area contributed by atoms with Gasteiger partial charge in [0.2, 0.25) is 0 Å². The minimum atomic E-state index is -3.54. The van der Waals surface area contributed by atoms with Crippen LogP contribution in [0.5, 0.6) is 0 Å². The number of nitrogens with zero attached hydrogens (tertiary/aromatic N) is 2. The normalized spacial score (nSPS) is 12.0. The first-order chi connectivity index (χ1) is 9.97. The van der Waals surface area contributed by atoms with Gasteiger partial charge < -0.3 is 4.98 Å². The van der Waals surface area contributed by atoms with Crippen LogP contribution < -0.4 is 0 Å². The maximum atomic E-state index is 12.6. The summed E-state index contributed by atoms with van der Waals surface area (Å²) >= 11 is 0. The summed E-state index contributed by atoms with van der Waals surface area (Å²) in [7, 11) is -3.54. The van der Waals surface area contributed by atoms with Crippen molar-refractivity contribution in [2.75, 3.05) is 6.54 Å². The molecule has 0 atom stereocenters. The van der Waals surface area contributed by atoms with Gasteiger partial charge in [-0.2, -0.15) is 4.31 Å². The zero-order chi connectivity index (χ0) is 15.5. The molecule has 0 bridgehead atoms. The van der Waals surface area contributed by atoms with Crippen molar-refractivity contribution in [1.29, 1.82) is 0 Å². The highest BCUT2D eigenvalue weighted by Crippen LogP contribution is 2.17. The summed E-state index contributed by atoms with van der Waals surface area (Å²) in [5, 5.41) is 0.161. The average molecular weight is 307 g/mol. The largest absolute Gasteiger partial charge is 0.332 e. The van der Waals surface area contributed by atoms with E-state index in [0.29, 0.717) is 25.3 Å². The number of hydrogen-bond acceptors (Lipinski definition) is 3. The molecule has 1 aromatic heterocycles. The van der Waals surface area contributed by atoms with Crippen LogP contribution >= 0.6 is 0 Å². The minimum Gasteiger partial charge on any atom is -0.332 e. The summed E-state index contributed by atoms with van der Waals surface area (Å²) in [5.74, 6) is 0.681. The van der Waals surface area contributed by atoms with E-state index in [4.69, 9.17) is 0 Å². The van der Waals surface area contributed by atoms with Gasteiger partial charge in [0, 0.05) is 19.5 Å². The van der Waals surface area contributed by atoms with Crippen LogP contribution in [0.4, 0.5) is 0 Å². The number of sulfonamides is 1. The van der Waals surface area contributed by atoms with Crippen LogP contribution in [-0.2, 0) is 23.0 Å². The third-order valence-electron chi connectivity index (χ3n) is 3.35. The number of benzene rings is 1. The molecular formula is C15H21N3O2S. The van der Waals surface area contributed by atoms with Crippen LogP contribution in [0.25, 0.3) is 0 Å².